The fourth-order valence-corrected chi connectivity index (χ4v) is 2.32. The molecule has 2 bridgehead atoms. The van der Waals surface area contributed by atoms with Crippen LogP contribution in [0, 0.1) is 11.8 Å². The molecule has 2 fully saturated rings. The molecule has 2 heteroatoms. The van der Waals surface area contributed by atoms with E-state index in [4.69, 9.17) is 5.26 Å². The Morgan fingerprint density at radius 1 is 1.22 bits per heavy atom. The van der Waals surface area contributed by atoms with E-state index < -0.39 is 0 Å². The van der Waals surface area contributed by atoms with Gasteiger partial charge in [-0.25, -0.2) is 4.89 Å². The Balaban J connectivity index is 2.01. The zero-order valence-corrected chi connectivity index (χ0v) is 5.42. The molecule has 2 saturated carbocycles. The fourth-order valence-electron chi connectivity index (χ4n) is 2.32. The van der Waals surface area contributed by atoms with Crippen LogP contribution in [-0.4, -0.2) is 11.4 Å². The molecule has 1 unspecified atom stereocenters. The van der Waals surface area contributed by atoms with Gasteiger partial charge in [-0.2, -0.15) is 0 Å². The van der Waals surface area contributed by atoms with E-state index in [1.807, 2.05) is 0 Å². The molecule has 0 aromatic rings. The third kappa shape index (κ3) is 0.775. The summed E-state index contributed by atoms with van der Waals surface area (Å²) in [6.45, 7) is 0. The normalized spacial score (nSPS) is 48.3. The van der Waals surface area contributed by atoms with Crippen molar-refractivity contribution in [1.29, 1.82) is 0 Å². The van der Waals surface area contributed by atoms with Crippen molar-refractivity contribution in [3.8, 4) is 0 Å². The SMILES string of the molecule is OOC1C[C@@H]2CC[C@H]1C2. The van der Waals surface area contributed by atoms with Crippen molar-refractivity contribution in [2.45, 2.75) is 31.8 Å². The first-order valence-corrected chi connectivity index (χ1v) is 3.70. The lowest BCUT2D eigenvalue weighted by Crippen LogP contribution is -2.18. The predicted molar refractivity (Wildman–Crippen MR) is 32.9 cm³/mol. The minimum Gasteiger partial charge on any atom is -0.252 e. The Labute approximate surface area is 54.8 Å². The van der Waals surface area contributed by atoms with E-state index in [0.717, 1.165) is 12.3 Å². The first kappa shape index (κ1) is 5.69. The summed E-state index contributed by atoms with van der Waals surface area (Å²) in [4.78, 5) is 4.35. The van der Waals surface area contributed by atoms with Crippen LogP contribution in [-0.2, 0) is 4.89 Å². The molecule has 0 radical (unpaired) electrons. The van der Waals surface area contributed by atoms with E-state index in [0.29, 0.717) is 5.92 Å². The molecule has 2 aliphatic carbocycles. The van der Waals surface area contributed by atoms with Gasteiger partial charge in [0, 0.05) is 0 Å². The molecule has 0 heterocycles. The van der Waals surface area contributed by atoms with Gasteiger partial charge < -0.3 is 0 Å². The Kier molecular flexibility index (Phi) is 1.24. The van der Waals surface area contributed by atoms with Crippen LogP contribution in [0.3, 0.4) is 0 Å². The molecule has 0 amide bonds. The predicted octanol–water partition coefficient (Wildman–Crippen LogP) is 1.66. The Morgan fingerprint density at radius 2 is 2.11 bits per heavy atom. The van der Waals surface area contributed by atoms with E-state index in [9.17, 15) is 0 Å². The summed E-state index contributed by atoms with van der Waals surface area (Å²) >= 11 is 0. The van der Waals surface area contributed by atoms with Crippen LogP contribution in [0.1, 0.15) is 25.7 Å². The lowest BCUT2D eigenvalue weighted by Gasteiger charge is -2.17. The van der Waals surface area contributed by atoms with Crippen molar-refractivity contribution in [2.75, 3.05) is 0 Å². The van der Waals surface area contributed by atoms with E-state index in [1.165, 1.54) is 19.3 Å². The van der Waals surface area contributed by atoms with Gasteiger partial charge in [0.2, 0.25) is 0 Å². The van der Waals surface area contributed by atoms with Gasteiger partial charge in [-0.15, -0.1) is 0 Å². The molecule has 0 aromatic carbocycles. The van der Waals surface area contributed by atoms with Crippen LogP contribution in [0.4, 0.5) is 0 Å². The lowest BCUT2D eigenvalue weighted by atomic mass is 9.98. The van der Waals surface area contributed by atoms with Gasteiger partial charge in [0.05, 0.1) is 6.10 Å². The van der Waals surface area contributed by atoms with Crippen LogP contribution in [0.2, 0.25) is 0 Å². The monoisotopic (exact) mass is 128 g/mol. The maximum atomic E-state index is 8.39. The average Bonchev–Trinajstić information content (AvgIpc) is 2.45. The first-order valence-electron chi connectivity index (χ1n) is 3.70. The summed E-state index contributed by atoms with van der Waals surface area (Å²) in [7, 11) is 0. The van der Waals surface area contributed by atoms with E-state index in [1.54, 1.807) is 0 Å². The number of fused-ring (bicyclic) bond motifs is 2. The number of hydrogen-bond acceptors (Lipinski definition) is 2. The van der Waals surface area contributed by atoms with Crippen LogP contribution < -0.4 is 0 Å². The standard InChI is InChI=1S/C7H12O2/c8-9-7-4-5-1-2-6(7)3-5/h5-8H,1-4H2/t5-,6+,7?/m1/s1. The fraction of sp³-hybridized carbons (Fsp3) is 1.00. The third-order valence-electron chi connectivity index (χ3n) is 2.81. The quantitative estimate of drug-likeness (QED) is 0.430. The molecule has 9 heavy (non-hydrogen) atoms. The van der Waals surface area contributed by atoms with Gasteiger partial charge in [-0.3, -0.25) is 5.26 Å². The van der Waals surface area contributed by atoms with Crippen LogP contribution in [0.5, 0.6) is 0 Å². The number of hydrogen-bond donors (Lipinski definition) is 1. The van der Waals surface area contributed by atoms with Gasteiger partial charge in [0.25, 0.3) is 0 Å². The second-order valence-electron chi connectivity index (χ2n) is 3.32. The Hall–Kier alpha value is -0.0800. The van der Waals surface area contributed by atoms with Crippen molar-refractivity contribution in [3.63, 3.8) is 0 Å². The molecular weight excluding hydrogens is 116 g/mol. The molecule has 52 valence electrons. The highest BCUT2D eigenvalue weighted by molar-refractivity contribution is 4.90. The topological polar surface area (TPSA) is 29.5 Å². The summed E-state index contributed by atoms with van der Waals surface area (Å²) in [6.07, 6.45) is 5.22. The van der Waals surface area contributed by atoms with Crippen molar-refractivity contribution in [2.24, 2.45) is 11.8 Å². The van der Waals surface area contributed by atoms with Crippen molar-refractivity contribution in [3.05, 3.63) is 0 Å². The van der Waals surface area contributed by atoms with Crippen LogP contribution in [0.25, 0.3) is 0 Å². The van der Waals surface area contributed by atoms with Crippen molar-refractivity contribution >= 4 is 0 Å². The molecule has 0 spiro atoms. The summed E-state index contributed by atoms with van der Waals surface area (Å²) in [5.74, 6) is 1.55. The summed E-state index contributed by atoms with van der Waals surface area (Å²) in [6, 6.07) is 0. The molecule has 1 N–H and O–H groups in total. The van der Waals surface area contributed by atoms with Gasteiger partial charge in [0.15, 0.2) is 0 Å². The average molecular weight is 128 g/mol. The van der Waals surface area contributed by atoms with E-state index in [-0.39, 0.29) is 6.10 Å². The maximum absolute atomic E-state index is 8.39. The smallest absolute Gasteiger partial charge is 0.0958 e. The van der Waals surface area contributed by atoms with Crippen LogP contribution in [0.15, 0.2) is 0 Å². The zero-order valence-electron chi connectivity index (χ0n) is 5.42. The van der Waals surface area contributed by atoms with Gasteiger partial charge in [0.1, 0.15) is 0 Å². The highest BCUT2D eigenvalue weighted by Gasteiger charge is 2.40. The Bertz CT molecular complexity index is 113. The molecule has 2 aliphatic rings. The lowest BCUT2D eigenvalue weighted by molar-refractivity contribution is -0.288. The largest absolute Gasteiger partial charge is 0.252 e. The molecule has 3 atom stereocenters. The first-order chi connectivity index (χ1) is 4.40. The third-order valence-corrected chi connectivity index (χ3v) is 2.81. The minimum atomic E-state index is 0.184. The highest BCUT2D eigenvalue weighted by Crippen LogP contribution is 2.45. The van der Waals surface area contributed by atoms with Crippen LogP contribution >= 0.6 is 0 Å². The highest BCUT2D eigenvalue weighted by atomic mass is 17.1. The minimum absolute atomic E-state index is 0.184. The van der Waals surface area contributed by atoms with Gasteiger partial charge in [-0.1, -0.05) is 0 Å². The van der Waals surface area contributed by atoms with Crippen molar-refractivity contribution < 1.29 is 10.1 Å². The Morgan fingerprint density at radius 3 is 2.44 bits per heavy atom. The second-order valence-corrected chi connectivity index (χ2v) is 3.32. The molecule has 0 aliphatic heterocycles. The summed E-state index contributed by atoms with van der Waals surface area (Å²) < 4.78 is 0. The zero-order chi connectivity index (χ0) is 6.27. The molecule has 2 rings (SSSR count). The summed E-state index contributed by atoms with van der Waals surface area (Å²) in [5.41, 5.74) is 0. The molecule has 2 nitrogen and oxygen atoms in total. The second kappa shape index (κ2) is 1.96. The van der Waals surface area contributed by atoms with Crippen molar-refractivity contribution in [1.82, 2.24) is 0 Å². The number of rotatable bonds is 1. The van der Waals surface area contributed by atoms with Gasteiger partial charge >= 0.3 is 0 Å². The van der Waals surface area contributed by atoms with E-state index in [2.05, 4.69) is 4.89 Å². The maximum Gasteiger partial charge on any atom is 0.0958 e. The summed E-state index contributed by atoms with van der Waals surface area (Å²) in [5, 5.41) is 8.39. The molecule has 0 aromatic heterocycles. The van der Waals surface area contributed by atoms with E-state index >= 15 is 0 Å². The molecule has 0 saturated heterocycles. The molecular formula is C7H12O2. The van der Waals surface area contributed by atoms with Gasteiger partial charge in [-0.05, 0) is 37.5 Å².